The fraction of sp³-hybridized carbons (Fsp3) is 0. The molecule has 0 atom stereocenters. The number of carbonyl (C=O) groups excluding carboxylic acids is 1. The van der Waals surface area contributed by atoms with E-state index < -0.39 is 5.97 Å². The number of ether oxygens (including phenoxy) is 1. The maximum atomic E-state index is 10.8. The third-order valence-electron chi connectivity index (χ3n) is 1.24. The van der Waals surface area contributed by atoms with Crippen LogP contribution >= 0.6 is 12.6 Å². The quantitative estimate of drug-likeness (QED) is 0.326. The average molecular weight is 180 g/mol. The average Bonchev–Trinajstić information content (AvgIpc) is 2.09. The minimum Gasteiger partial charge on any atom is -0.422 e. The van der Waals surface area contributed by atoms with Crippen LogP contribution in [0, 0.1) is 0 Å². The highest BCUT2D eigenvalue weighted by molar-refractivity contribution is 7.80. The van der Waals surface area contributed by atoms with Crippen LogP contribution in [0.4, 0.5) is 0 Å². The van der Waals surface area contributed by atoms with Crippen molar-refractivity contribution >= 4 is 18.6 Å². The van der Waals surface area contributed by atoms with E-state index in [-0.39, 0.29) is 0 Å². The summed E-state index contributed by atoms with van der Waals surface area (Å²) in [7, 11) is 0. The van der Waals surface area contributed by atoms with Gasteiger partial charge in [0.15, 0.2) is 0 Å². The fourth-order valence-corrected chi connectivity index (χ4v) is 0.900. The van der Waals surface area contributed by atoms with Crippen molar-refractivity contribution in [2.45, 2.75) is 4.90 Å². The molecule has 0 spiro atoms. The molecule has 1 rings (SSSR count). The van der Waals surface area contributed by atoms with Gasteiger partial charge in [-0.1, -0.05) is 18.7 Å². The SMILES string of the molecule is C=CC(=O)Oc1ccccc1S. The third kappa shape index (κ3) is 2.13. The van der Waals surface area contributed by atoms with Crippen LogP contribution in [0.1, 0.15) is 0 Å². The highest BCUT2D eigenvalue weighted by Gasteiger charge is 2.01. The highest BCUT2D eigenvalue weighted by atomic mass is 32.1. The molecular weight excluding hydrogens is 172 g/mol. The number of hydrogen-bond donors (Lipinski definition) is 1. The molecule has 0 bridgehead atoms. The van der Waals surface area contributed by atoms with E-state index in [0.29, 0.717) is 10.6 Å². The van der Waals surface area contributed by atoms with Crippen molar-refractivity contribution in [2.75, 3.05) is 0 Å². The molecule has 0 aliphatic heterocycles. The lowest BCUT2D eigenvalue weighted by Gasteiger charge is -2.02. The van der Waals surface area contributed by atoms with Gasteiger partial charge in [0.2, 0.25) is 0 Å². The number of benzene rings is 1. The lowest BCUT2D eigenvalue weighted by Crippen LogP contribution is -2.03. The summed E-state index contributed by atoms with van der Waals surface area (Å²) in [6.45, 7) is 3.29. The zero-order chi connectivity index (χ0) is 8.97. The van der Waals surface area contributed by atoms with Crippen molar-refractivity contribution in [3.8, 4) is 5.75 Å². The Labute approximate surface area is 76.3 Å². The summed E-state index contributed by atoms with van der Waals surface area (Å²) in [5.74, 6) is -0.0257. The van der Waals surface area contributed by atoms with Gasteiger partial charge < -0.3 is 4.74 Å². The summed E-state index contributed by atoms with van der Waals surface area (Å²) >= 11 is 4.10. The first-order valence-corrected chi connectivity index (χ1v) is 3.81. The number of carbonyl (C=O) groups is 1. The molecule has 12 heavy (non-hydrogen) atoms. The Morgan fingerprint density at radius 2 is 2.17 bits per heavy atom. The first-order chi connectivity index (χ1) is 5.74. The molecule has 0 saturated heterocycles. The van der Waals surface area contributed by atoms with Crippen LogP contribution in [-0.2, 0) is 4.79 Å². The molecule has 0 aliphatic carbocycles. The van der Waals surface area contributed by atoms with E-state index in [0.717, 1.165) is 6.08 Å². The predicted molar refractivity (Wildman–Crippen MR) is 49.5 cm³/mol. The minimum atomic E-state index is -0.475. The number of hydrogen-bond acceptors (Lipinski definition) is 3. The van der Waals surface area contributed by atoms with E-state index in [2.05, 4.69) is 19.2 Å². The van der Waals surface area contributed by atoms with Gasteiger partial charge in [-0.05, 0) is 12.1 Å². The van der Waals surface area contributed by atoms with Gasteiger partial charge in [-0.3, -0.25) is 0 Å². The van der Waals surface area contributed by atoms with Crippen LogP contribution in [0.2, 0.25) is 0 Å². The van der Waals surface area contributed by atoms with Crippen molar-refractivity contribution in [2.24, 2.45) is 0 Å². The molecule has 0 aromatic heterocycles. The van der Waals surface area contributed by atoms with Crippen LogP contribution in [0.15, 0.2) is 41.8 Å². The molecule has 1 aromatic carbocycles. The lowest BCUT2D eigenvalue weighted by atomic mass is 10.3. The molecule has 1 aromatic rings. The summed E-state index contributed by atoms with van der Waals surface area (Å²) in [5.41, 5.74) is 0. The van der Waals surface area contributed by atoms with E-state index in [1.165, 1.54) is 0 Å². The zero-order valence-corrected chi connectivity index (χ0v) is 7.25. The first kappa shape index (κ1) is 8.87. The Kier molecular flexibility index (Phi) is 2.94. The molecule has 0 saturated carbocycles. The van der Waals surface area contributed by atoms with Crippen LogP contribution in [0.3, 0.4) is 0 Å². The smallest absolute Gasteiger partial charge is 0.335 e. The molecule has 0 N–H and O–H groups in total. The van der Waals surface area contributed by atoms with Gasteiger partial charge in [0, 0.05) is 11.0 Å². The number of thiol groups is 1. The molecule has 2 nitrogen and oxygen atoms in total. The second kappa shape index (κ2) is 3.97. The van der Waals surface area contributed by atoms with E-state index in [1.54, 1.807) is 18.2 Å². The number of rotatable bonds is 2. The van der Waals surface area contributed by atoms with Crippen LogP contribution in [-0.4, -0.2) is 5.97 Å². The molecular formula is C9H8O2S. The Morgan fingerprint density at radius 1 is 1.50 bits per heavy atom. The van der Waals surface area contributed by atoms with Crippen LogP contribution < -0.4 is 4.74 Å². The molecule has 0 unspecified atom stereocenters. The summed E-state index contributed by atoms with van der Waals surface area (Å²) in [6, 6.07) is 7.00. The second-order valence-corrected chi connectivity index (χ2v) is 2.57. The van der Waals surface area contributed by atoms with Crippen molar-refractivity contribution < 1.29 is 9.53 Å². The standard InChI is InChI=1S/C9H8O2S/c1-2-9(10)11-7-5-3-4-6-8(7)12/h2-6,12H,1H2. The Hall–Kier alpha value is -1.22. The molecule has 0 aliphatic rings. The molecule has 0 amide bonds. The van der Waals surface area contributed by atoms with E-state index in [4.69, 9.17) is 4.74 Å². The third-order valence-corrected chi connectivity index (χ3v) is 1.61. The molecule has 62 valence electrons. The summed E-state index contributed by atoms with van der Waals surface area (Å²) in [6.07, 6.45) is 1.11. The highest BCUT2D eigenvalue weighted by Crippen LogP contribution is 2.21. The van der Waals surface area contributed by atoms with Gasteiger partial charge in [-0.25, -0.2) is 4.79 Å². The van der Waals surface area contributed by atoms with Gasteiger partial charge in [0.25, 0.3) is 0 Å². The monoisotopic (exact) mass is 180 g/mol. The molecule has 3 heteroatoms. The maximum Gasteiger partial charge on any atom is 0.335 e. The second-order valence-electron chi connectivity index (χ2n) is 2.09. The van der Waals surface area contributed by atoms with Gasteiger partial charge >= 0.3 is 5.97 Å². The summed E-state index contributed by atoms with van der Waals surface area (Å²) in [4.78, 5) is 11.4. The molecule has 0 radical (unpaired) electrons. The predicted octanol–water partition coefficient (Wildman–Crippen LogP) is 2.07. The van der Waals surface area contributed by atoms with Gasteiger partial charge in [0.1, 0.15) is 5.75 Å². The van der Waals surface area contributed by atoms with Crippen molar-refractivity contribution in [1.29, 1.82) is 0 Å². The topological polar surface area (TPSA) is 26.3 Å². The number of esters is 1. The Morgan fingerprint density at radius 3 is 2.75 bits per heavy atom. The largest absolute Gasteiger partial charge is 0.422 e. The maximum absolute atomic E-state index is 10.8. The lowest BCUT2D eigenvalue weighted by molar-refractivity contribution is -0.129. The van der Waals surface area contributed by atoms with Gasteiger partial charge in [-0.2, -0.15) is 0 Å². The van der Waals surface area contributed by atoms with Crippen LogP contribution in [0.5, 0.6) is 5.75 Å². The Balaban J connectivity index is 2.82. The van der Waals surface area contributed by atoms with Crippen molar-refractivity contribution in [3.05, 3.63) is 36.9 Å². The first-order valence-electron chi connectivity index (χ1n) is 3.36. The van der Waals surface area contributed by atoms with Crippen molar-refractivity contribution in [1.82, 2.24) is 0 Å². The zero-order valence-electron chi connectivity index (χ0n) is 6.36. The van der Waals surface area contributed by atoms with E-state index in [1.807, 2.05) is 6.07 Å². The Bertz CT molecular complexity index is 307. The fourth-order valence-electron chi connectivity index (χ4n) is 0.694. The van der Waals surface area contributed by atoms with Crippen molar-refractivity contribution in [3.63, 3.8) is 0 Å². The normalized spacial score (nSPS) is 9.08. The minimum absolute atomic E-state index is 0.450. The van der Waals surface area contributed by atoms with Crippen LogP contribution in [0.25, 0.3) is 0 Å². The molecule has 0 fully saturated rings. The van der Waals surface area contributed by atoms with E-state index in [9.17, 15) is 4.79 Å². The number of para-hydroxylation sites is 1. The molecule has 0 heterocycles. The summed E-state index contributed by atoms with van der Waals surface area (Å²) < 4.78 is 4.86. The van der Waals surface area contributed by atoms with Gasteiger partial charge in [0.05, 0.1) is 0 Å². The summed E-state index contributed by atoms with van der Waals surface area (Å²) in [5, 5.41) is 0. The van der Waals surface area contributed by atoms with Gasteiger partial charge in [-0.15, -0.1) is 12.6 Å². The van der Waals surface area contributed by atoms with E-state index >= 15 is 0 Å².